The maximum atomic E-state index is 13.6. The number of halogens is 2. The van der Waals surface area contributed by atoms with Crippen molar-refractivity contribution < 1.29 is 8.78 Å². The third-order valence-electron chi connectivity index (χ3n) is 3.34. The molecule has 0 fully saturated rings. The van der Waals surface area contributed by atoms with Crippen molar-refractivity contribution in [1.29, 1.82) is 0 Å². The first-order chi connectivity index (χ1) is 11.7. The van der Waals surface area contributed by atoms with Crippen LogP contribution in [0.3, 0.4) is 0 Å². The highest BCUT2D eigenvalue weighted by Gasteiger charge is 2.04. The Morgan fingerprint density at radius 2 is 1.67 bits per heavy atom. The summed E-state index contributed by atoms with van der Waals surface area (Å²) in [6, 6.07) is 12.7. The lowest BCUT2D eigenvalue weighted by atomic mass is 10.2. The lowest BCUT2D eigenvalue weighted by Gasteiger charge is -2.08. The highest BCUT2D eigenvalue weighted by Crippen LogP contribution is 2.11. The summed E-state index contributed by atoms with van der Waals surface area (Å²) in [4.78, 5) is 4.26. The van der Waals surface area contributed by atoms with Crippen LogP contribution in [0.1, 0.15) is 11.1 Å². The normalized spacial score (nSPS) is 10.4. The first-order valence-corrected chi connectivity index (χ1v) is 7.36. The summed E-state index contributed by atoms with van der Waals surface area (Å²) in [6.07, 6.45) is 1.48. The number of benzene rings is 2. The lowest BCUT2D eigenvalue weighted by molar-refractivity contribution is 0.612. The van der Waals surface area contributed by atoms with E-state index in [4.69, 9.17) is 0 Å². The molecule has 0 aliphatic carbocycles. The third kappa shape index (κ3) is 4.22. The second-order valence-corrected chi connectivity index (χ2v) is 5.09. The molecule has 0 saturated carbocycles. The molecular weight excluding hydrogens is 312 g/mol. The van der Waals surface area contributed by atoms with Crippen LogP contribution in [0.2, 0.25) is 0 Å². The van der Waals surface area contributed by atoms with E-state index in [1.165, 1.54) is 24.4 Å². The monoisotopic (exact) mass is 327 g/mol. The zero-order valence-corrected chi connectivity index (χ0v) is 12.7. The van der Waals surface area contributed by atoms with Gasteiger partial charge in [-0.05, 0) is 23.8 Å². The zero-order chi connectivity index (χ0) is 16.8. The smallest absolute Gasteiger partial charge is 0.244 e. The van der Waals surface area contributed by atoms with Crippen LogP contribution in [-0.4, -0.2) is 15.2 Å². The van der Waals surface area contributed by atoms with Crippen LogP contribution < -0.4 is 10.6 Å². The second-order valence-electron chi connectivity index (χ2n) is 5.09. The molecule has 0 saturated heterocycles. The Morgan fingerprint density at radius 1 is 0.875 bits per heavy atom. The Morgan fingerprint density at radius 3 is 2.46 bits per heavy atom. The molecule has 2 aromatic carbocycles. The molecule has 0 aliphatic rings. The Kier molecular flexibility index (Phi) is 4.90. The minimum Gasteiger partial charge on any atom is -0.365 e. The van der Waals surface area contributed by atoms with Gasteiger partial charge in [-0.1, -0.05) is 30.3 Å². The molecule has 0 unspecified atom stereocenters. The van der Waals surface area contributed by atoms with Gasteiger partial charge in [0.1, 0.15) is 11.6 Å². The molecule has 0 radical (unpaired) electrons. The summed E-state index contributed by atoms with van der Waals surface area (Å²) >= 11 is 0. The molecule has 24 heavy (non-hydrogen) atoms. The number of nitrogens with zero attached hydrogens (tertiary/aromatic N) is 3. The minimum absolute atomic E-state index is 0.260. The van der Waals surface area contributed by atoms with Crippen LogP contribution in [0.4, 0.5) is 20.5 Å². The van der Waals surface area contributed by atoms with E-state index in [1.807, 2.05) is 0 Å². The predicted octanol–water partition coefficient (Wildman–Crippen LogP) is 3.37. The van der Waals surface area contributed by atoms with Gasteiger partial charge in [0.2, 0.25) is 5.95 Å². The first-order valence-electron chi connectivity index (χ1n) is 7.36. The summed E-state index contributed by atoms with van der Waals surface area (Å²) < 4.78 is 26.4. The van der Waals surface area contributed by atoms with E-state index >= 15 is 0 Å². The molecule has 122 valence electrons. The summed E-state index contributed by atoms with van der Waals surface area (Å²) in [6.45, 7) is 0.738. The van der Waals surface area contributed by atoms with Crippen molar-refractivity contribution >= 4 is 11.8 Å². The summed E-state index contributed by atoms with van der Waals surface area (Å²) in [5, 5.41) is 13.7. The van der Waals surface area contributed by atoms with E-state index in [-0.39, 0.29) is 18.2 Å². The number of hydrogen-bond donors (Lipinski definition) is 2. The van der Waals surface area contributed by atoms with Crippen molar-refractivity contribution in [1.82, 2.24) is 15.2 Å². The SMILES string of the molecule is Fc1ccc(CNc2cnnc(NCc3ccccc3F)n2)cc1. The van der Waals surface area contributed by atoms with Crippen LogP contribution in [0.5, 0.6) is 0 Å². The Labute approximate surface area is 137 Å². The molecule has 0 aliphatic heterocycles. The van der Waals surface area contributed by atoms with Gasteiger partial charge in [0.15, 0.2) is 5.82 Å². The van der Waals surface area contributed by atoms with E-state index in [2.05, 4.69) is 25.8 Å². The van der Waals surface area contributed by atoms with Gasteiger partial charge >= 0.3 is 0 Å². The largest absolute Gasteiger partial charge is 0.365 e. The molecule has 3 aromatic rings. The van der Waals surface area contributed by atoms with Crippen molar-refractivity contribution in [3.8, 4) is 0 Å². The van der Waals surface area contributed by atoms with Crippen molar-refractivity contribution in [2.24, 2.45) is 0 Å². The summed E-state index contributed by atoms with van der Waals surface area (Å²) in [7, 11) is 0. The fraction of sp³-hybridized carbons (Fsp3) is 0.118. The topological polar surface area (TPSA) is 62.7 Å². The minimum atomic E-state index is -0.288. The third-order valence-corrected chi connectivity index (χ3v) is 3.34. The van der Waals surface area contributed by atoms with Crippen LogP contribution in [0.25, 0.3) is 0 Å². The van der Waals surface area contributed by atoms with Crippen molar-refractivity contribution in [2.45, 2.75) is 13.1 Å². The first kappa shape index (κ1) is 15.8. The molecule has 1 aromatic heterocycles. The standard InChI is InChI=1S/C17H15F2N5/c18-14-7-5-12(6-8-14)9-20-16-11-22-24-17(23-16)21-10-13-3-1-2-4-15(13)19/h1-8,11H,9-10H2,(H2,20,21,23,24). The average molecular weight is 327 g/mol. The number of nitrogens with one attached hydrogen (secondary N) is 2. The zero-order valence-electron chi connectivity index (χ0n) is 12.7. The molecule has 0 bridgehead atoms. The van der Waals surface area contributed by atoms with Crippen LogP contribution in [-0.2, 0) is 13.1 Å². The number of anilines is 2. The van der Waals surface area contributed by atoms with Gasteiger partial charge in [-0.25, -0.2) is 8.78 Å². The number of aromatic nitrogens is 3. The Hall–Kier alpha value is -3.09. The number of rotatable bonds is 6. The molecule has 0 atom stereocenters. The van der Waals surface area contributed by atoms with Gasteiger partial charge < -0.3 is 10.6 Å². The lowest BCUT2D eigenvalue weighted by Crippen LogP contribution is -2.08. The van der Waals surface area contributed by atoms with Crippen LogP contribution >= 0.6 is 0 Å². The maximum Gasteiger partial charge on any atom is 0.244 e. The van der Waals surface area contributed by atoms with Crippen LogP contribution in [0.15, 0.2) is 54.7 Å². The number of hydrogen-bond acceptors (Lipinski definition) is 5. The van der Waals surface area contributed by atoms with Gasteiger partial charge in [-0.2, -0.15) is 10.1 Å². The van der Waals surface area contributed by atoms with Crippen molar-refractivity contribution in [3.05, 3.63) is 77.5 Å². The van der Waals surface area contributed by atoms with E-state index in [9.17, 15) is 8.78 Å². The summed E-state index contributed by atoms with van der Waals surface area (Å²) in [5.74, 6) is 0.248. The maximum absolute atomic E-state index is 13.6. The fourth-order valence-electron chi connectivity index (χ4n) is 2.07. The average Bonchev–Trinajstić information content (AvgIpc) is 2.61. The van der Waals surface area contributed by atoms with Crippen molar-refractivity contribution in [2.75, 3.05) is 10.6 Å². The Bertz CT molecular complexity index is 808. The highest BCUT2D eigenvalue weighted by molar-refractivity contribution is 5.38. The highest BCUT2D eigenvalue weighted by atomic mass is 19.1. The molecular formula is C17H15F2N5. The van der Waals surface area contributed by atoms with Gasteiger partial charge in [0.05, 0.1) is 6.20 Å². The van der Waals surface area contributed by atoms with Gasteiger partial charge in [-0.15, -0.1) is 5.10 Å². The summed E-state index contributed by atoms with van der Waals surface area (Å²) in [5.41, 5.74) is 1.43. The van der Waals surface area contributed by atoms with E-state index in [0.29, 0.717) is 23.9 Å². The van der Waals surface area contributed by atoms with E-state index in [0.717, 1.165) is 5.56 Å². The predicted molar refractivity (Wildman–Crippen MR) is 87.3 cm³/mol. The molecule has 3 rings (SSSR count). The van der Waals surface area contributed by atoms with E-state index in [1.54, 1.807) is 30.3 Å². The van der Waals surface area contributed by atoms with Gasteiger partial charge in [0, 0.05) is 18.7 Å². The van der Waals surface area contributed by atoms with Crippen LogP contribution in [0, 0.1) is 11.6 Å². The molecule has 5 nitrogen and oxygen atoms in total. The second kappa shape index (κ2) is 7.45. The van der Waals surface area contributed by atoms with E-state index < -0.39 is 0 Å². The van der Waals surface area contributed by atoms with Gasteiger partial charge in [0.25, 0.3) is 0 Å². The molecule has 0 amide bonds. The van der Waals surface area contributed by atoms with Crippen molar-refractivity contribution in [3.63, 3.8) is 0 Å². The Balaban J connectivity index is 1.59. The molecule has 7 heteroatoms. The molecule has 1 heterocycles. The molecule has 0 spiro atoms. The molecule has 2 N–H and O–H groups in total. The quantitative estimate of drug-likeness (QED) is 0.727. The fourth-order valence-corrected chi connectivity index (χ4v) is 2.07. The van der Waals surface area contributed by atoms with Gasteiger partial charge in [-0.3, -0.25) is 0 Å².